The highest BCUT2D eigenvalue weighted by atomic mass is 16.2. The molecule has 8 nitrogen and oxygen atoms in total. The fraction of sp³-hybridized carbons (Fsp3) is 0.500. The number of hydrogen-bond acceptors (Lipinski definition) is 3. The van der Waals surface area contributed by atoms with E-state index in [1.165, 1.54) is 9.80 Å². The molecule has 0 radical (unpaired) electrons. The number of quaternary nitrogens is 2. The van der Waals surface area contributed by atoms with E-state index in [9.17, 15) is 9.59 Å². The van der Waals surface area contributed by atoms with Crippen molar-refractivity contribution in [2.45, 2.75) is 27.7 Å². The van der Waals surface area contributed by atoms with Gasteiger partial charge in [0, 0.05) is 12.7 Å². The maximum Gasteiger partial charge on any atom is 0.279 e. The summed E-state index contributed by atoms with van der Waals surface area (Å²) in [6.45, 7) is 12.3. The minimum atomic E-state index is 0.0143. The topological polar surface area (TPSA) is 84.9 Å². The van der Waals surface area contributed by atoms with Crippen molar-refractivity contribution in [2.75, 3.05) is 49.9 Å². The summed E-state index contributed by atoms with van der Waals surface area (Å²) in [5.41, 5.74) is 5.69. The van der Waals surface area contributed by atoms with Crippen LogP contribution >= 0.6 is 0 Å². The highest BCUT2D eigenvalue weighted by Gasteiger charge is 2.27. The largest absolute Gasteiger partial charge is 0.321 e. The van der Waals surface area contributed by atoms with E-state index in [1.807, 2.05) is 52.9 Å². The molecule has 1 aromatic carbocycles. The number of rotatable bonds is 6. The molecule has 2 aromatic rings. The molecular weight excluding hydrogens is 380 g/mol. The average Bonchev–Trinajstić information content (AvgIpc) is 2.92. The summed E-state index contributed by atoms with van der Waals surface area (Å²) in [5.74, 6) is 0.0616. The van der Waals surface area contributed by atoms with E-state index < -0.39 is 0 Å². The van der Waals surface area contributed by atoms with Crippen LogP contribution in [0.3, 0.4) is 0 Å². The predicted molar refractivity (Wildman–Crippen MR) is 117 cm³/mol. The lowest BCUT2D eigenvalue weighted by molar-refractivity contribution is -1.00. The Hall–Kier alpha value is -2.71. The van der Waals surface area contributed by atoms with Gasteiger partial charge >= 0.3 is 0 Å². The Morgan fingerprint density at radius 1 is 0.900 bits per heavy atom. The Morgan fingerprint density at radius 3 is 1.80 bits per heavy atom. The fourth-order valence-electron chi connectivity index (χ4n) is 4.10. The van der Waals surface area contributed by atoms with Gasteiger partial charge in [-0.05, 0) is 38.8 Å². The highest BCUT2D eigenvalue weighted by Crippen LogP contribution is 2.19. The minimum absolute atomic E-state index is 0.0143. The third kappa shape index (κ3) is 5.25. The van der Waals surface area contributed by atoms with Gasteiger partial charge in [-0.15, -0.1) is 0 Å². The maximum absolute atomic E-state index is 12.5. The van der Waals surface area contributed by atoms with E-state index in [0.717, 1.165) is 60.1 Å². The lowest BCUT2D eigenvalue weighted by atomic mass is 10.1. The molecule has 2 heterocycles. The normalized spacial score (nSPS) is 18.8. The zero-order chi connectivity index (χ0) is 21.8. The maximum atomic E-state index is 12.5. The lowest BCUT2D eigenvalue weighted by Gasteiger charge is -2.29. The van der Waals surface area contributed by atoms with Crippen molar-refractivity contribution in [3.05, 3.63) is 40.7 Å². The fourth-order valence-corrected chi connectivity index (χ4v) is 4.10. The molecule has 1 aromatic heterocycles. The summed E-state index contributed by atoms with van der Waals surface area (Å²) in [7, 11) is 1.88. The Balaban J connectivity index is 1.44. The molecule has 1 aliphatic heterocycles. The summed E-state index contributed by atoms with van der Waals surface area (Å²) < 4.78 is 1.78. The monoisotopic (exact) mass is 414 g/mol. The third-order valence-corrected chi connectivity index (χ3v) is 6.00. The van der Waals surface area contributed by atoms with Crippen LogP contribution in [-0.4, -0.2) is 60.9 Å². The van der Waals surface area contributed by atoms with Crippen molar-refractivity contribution in [2.24, 2.45) is 7.05 Å². The average molecular weight is 415 g/mol. The molecule has 0 bridgehead atoms. The van der Waals surface area contributed by atoms with Crippen LogP contribution in [0.5, 0.6) is 0 Å². The van der Waals surface area contributed by atoms with Crippen LogP contribution in [0.2, 0.25) is 0 Å². The van der Waals surface area contributed by atoms with Gasteiger partial charge < -0.3 is 20.4 Å². The second-order valence-corrected chi connectivity index (χ2v) is 8.39. The van der Waals surface area contributed by atoms with Crippen LogP contribution in [0.25, 0.3) is 0 Å². The molecule has 0 aliphatic carbocycles. The molecule has 1 aliphatic rings. The minimum Gasteiger partial charge on any atom is -0.321 e. The van der Waals surface area contributed by atoms with E-state index in [-0.39, 0.29) is 11.8 Å². The Morgan fingerprint density at radius 2 is 1.37 bits per heavy atom. The van der Waals surface area contributed by atoms with Crippen molar-refractivity contribution in [3.63, 3.8) is 0 Å². The SMILES string of the molecule is Cc1cccc(C)c1NC(=O)C[NH+]1CC[NH+](CC(=O)Nc2c(C)nn(C)c2C)CC1. The summed E-state index contributed by atoms with van der Waals surface area (Å²) in [4.78, 5) is 27.5. The third-order valence-electron chi connectivity index (χ3n) is 6.00. The van der Waals surface area contributed by atoms with E-state index in [0.29, 0.717) is 13.1 Å². The number of nitrogens with one attached hydrogen (secondary N) is 4. The smallest absolute Gasteiger partial charge is 0.279 e. The van der Waals surface area contributed by atoms with Crippen LogP contribution in [0, 0.1) is 27.7 Å². The summed E-state index contributed by atoms with van der Waals surface area (Å²) in [6.07, 6.45) is 0. The Bertz CT molecular complexity index is 908. The van der Waals surface area contributed by atoms with Gasteiger partial charge in [-0.1, -0.05) is 18.2 Å². The molecule has 162 valence electrons. The summed E-state index contributed by atoms with van der Waals surface area (Å²) in [5, 5.41) is 10.4. The van der Waals surface area contributed by atoms with Crippen LogP contribution < -0.4 is 20.4 Å². The molecule has 0 spiro atoms. The quantitative estimate of drug-likeness (QED) is 0.490. The standard InChI is InChI=1S/C22H32N6O2/c1-15-7-6-8-16(2)21(15)23-19(29)13-27-9-11-28(12-10-27)14-20(30)24-22-17(3)25-26(5)18(22)4/h6-8H,9-14H2,1-5H3,(H,23,29)(H,24,30)/p+2. The summed E-state index contributed by atoms with van der Waals surface area (Å²) in [6, 6.07) is 6.02. The van der Waals surface area contributed by atoms with E-state index in [1.54, 1.807) is 4.68 Å². The van der Waals surface area contributed by atoms with Crippen molar-refractivity contribution in [1.29, 1.82) is 0 Å². The molecule has 0 unspecified atom stereocenters. The van der Waals surface area contributed by atoms with Crippen LogP contribution in [0.15, 0.2) is 18.2 Å². The number of amides is 2. The molecule has 0 saturated carbocycles. The Kier molecular flexibility index (Phi) is 6.89. The van der Waals surface area contributed by atoms with Crippen LogP contribution in [-0.2, 0) is 16.6 Å². The number of aryl methyl sites for hydroxylation is 4. The predicted octanol–water partition coefficient (Wildman–Crippen LogP) is -0.986. The van der Waals surface area contributed by atoms with Gasteiger partial charge in [0.2, 0.25) is 0 Å². The summed E-state index contributed by atoms with van der Waals surface area (Å²) >= 11 is 0. The van der Waals surface area contributed by atoms with Crippen molar-refractivity contribution in [3.8, 4) is 0 Å². The van der Waals surface area contributed by atoms with Crippen LogP contribution in [0.4, 0.5) is 11.4 Å². The first-order chi connectivity index (χ1) is 14.2. The van der Waals surface area contributed by atoms with Gasteiger partial charge in [0.05, 0.1) is 17.1 Å². The number of nitrogens with zero attached hydrogens (tertiary/aromatic N) is 2. The van der Waals surface area contributed by atoms with E-state index in [2.05, 4.69) is 15.7 Å². The molecule has 4 N–H and O–H groups in total. The number of para-hydroxylation sites is 1. The molecule has 30 heavy (non-hydrogen) atoms. The Labute approximate surface area is 178 Å². The second-order valence-electron chi connectivity index (χ2n) is 8.39. The molecule has 3 rings (SSSR count). The zero-order valence-electron chi connectivity index (χ0n) is 18.7. The highest BCUT2D eigenvalue weighted by molar-refractivity contribution is 5.93. The van der Waals surface area contributed by atoms with Crippen molar-refractivity contribution in [1.82, 2.24) is 9.78 Å². The van der Waals surface area contributed by atoms with Gasteiger partial charge in [0.15, 0.2) is 13.1 Å². The second kappa shape index (κ2) is 9.40. The van der Waals surface area contributed by atoms with Crippen LogP contribution in [0.1, 0.15) is 22.5 Å². The number of piperazine rings is 1. The van der Waals surface area contributed by atoms with E-state index >= 15 is 0 Å². The zero-order valence-corrected chi connectivity index (χ0v) is 18.7. The van der Waals surface area contributed by atoms with Gasteiger partial charge in [-0.25, -0.2) is 0 Å². The molecule has 2 amide bonds. The number of carbonyl (C=O) groups excluding carboxylic acids is 2. The van der Waals surface area contributed by atoms with Gasteiger partial charge in [0.25, 0.3) is 11.8 Å². The molecule has 0 atom stereocenters. The van der Waals surface area contributed by atoms with E-state index in [4.69, 9.17) is 0 Å². The number of carbonyl (C=O) groups is 2. The molecule has 1 saturated heterocycles. The number of anilines is 2. The van der Waals surface area contributed by atoms with Gasteiger partial charge in [-0.2, -0.15) is 5.10 Å². The first-order valence-electron chi connectivity index (χ1n) is 10.6. The molecular formula is C22H34N6O2+2. The van der Waals surface area contributed by atoms with Crippen molar-refractivity contribution < 1.29 is 19.4 Å². The number of aromatic nitrogens is 2. The van der Waals surface area contributed by atoms with Gasteiger partial charge in [0.1, 0.15) is 26.2 Å². The number of hydrogen-bond donors (Lipinski definition) is 4. The first kappa shape index (κ1) is 22.0. The van der Waals surface area contributed by atoms with Crippen molar-refractivity contribution >= 4 is 23.2 Å². The number of benzene rings is 1. The lowest BCUT2D eigenvalue weighted by Crippen LogP contribution is -3.28. The molecule has 8 heteroatoms. The first-order valence-corrected chi connectivity index (χ1v) is 10.6. The molecule has 1 fully saturated rings. The van der Waals surface area contributed by atoms with Gasteiger partial charge in [-0.3, -0.25) is 14.3 Å².